The summed E-state index contributed by atoms with van der Waals surface area (Å²) in [5.41, 5.74) is 2.10. The summed E-state index contributed by atoms with van der Waals surface area (Å²) in [6.45, 7) is 3.84. The van der Waals surface area contributed by atoms with Gasteiger partial charge in [0.25, 0.3) is 5.91 Å². The van der Waals surface area contributed by atoms with Gasteiger partial charge in [-0.15, -0.1) is 11.3 Å². The Morgan fingerprint density at radius 1 is 1.23 bits per heavy atom. The van der Waals surface area contributed by atoms with Crippen molar-refractivity contribution in [2.45, 2.75) is 19.9 Å². The fraction of sp³-hybridized carbons (Fsp3) is 0.143. The van der Waals surface area contributed by atoms with Crippen LogP contribution in [0, 0.1) is 5.82 Å². The van der Waals surface area contributed by atoms with Crippen LogP contribution in [0.5, 0.6) is 0 Å². The van der Waals surface area contributed by atoms with Crippen LogP contribution >= 0.6 is 22.9 Å². The molecule has 0 atom stereocenters. The molecule has 9 heteroatoms. The third-order valence-corrected chi connectivity index (χ3v) is 5.45. The summed E-state index contributed by atoms with van der Waals surface area (Å²) in [5, 5.41) is 9.70. The molecule has 152 valence electrons. The zero-order valence-corrected chi connectivity index (χ0v) is 17.7. The molecule has 1 aromatic carbocycles. The molecule has 4 rings (SSSR count). The molecule has 1 N–H and O–H groups in total. The molecule has 3 heterocycles. The largest absolute Gasteiger partial charge is 0.298 e. The Balaban J connectivity index is 1.67. The minimum absolute atomic E-state index is 0.0566. The van der Waals surface area contributed by atoms with E-state index in [0.717, 1.165) is 0 Å². The quantitative estimate of drug-likeness (QED) is 0.431. The Morgan fingerprint density at radius 3 is 2.77 bits per heavy atom. The van der Waals surface area contributed by atoms with E-state index in [1.54, 1.807) is 46.6 Å². The van der Waals surface area contributed by atoms with E-state index < -0.39 is 11.7 Å². The summed E-state index contributed by atoms with van der Waals surface area (Å²) in [7, 11) is 0. The molecule has 0 aliphatic rings. The van der Waals surface area contributed by atoms with Gasteiger partial charge in [0.15, 0.2) is 5.13 Å². The number of carbonyl (C=O) groups excluding carboxylic acids is 1. The number of rotatable bonds is 5. The molecule has 0 saturated heterocycles. The van der Waals surface area contributed by atoms with E-state index in [9.17, 15) is 9.18 Å². The molecule has 0 bridgehead atoms. The molecule has 6 nitrogen and oxygen atoms in total. The van der Waals surface area contributed by atoms with Gasteiger partial charge < -0.3 is 0 Å². The Bertz CT molecular complexity index is 1220. The van der Waals surface area contributed by atoms with Crippen LogP contribution in [-0.4, -0.2) is 25.7 Å². The van der Waals surface area contributed by atoms with Crippen molar-refractivity contribution >= 4 is 34.0 Å². The summed E-state index contributed by atoms with van der Waals surface area (Å²) >= 11 is 7.42. The minimum atomic E-state index is -0.423. The second kappa shape index (κ2) is 8.33. The lowest BCUT2D eigenvalue weighted by atomic mass is 10.1. The Kier molecular flexibility index (Phi) is 5.61. The first kappa shape index (κ1) is 20.2. The highest BCUT2D eigenvalue weighted by Crippen LogP contribution is 2.31. The number of carbonyl (C=O) groups is 1. The molecule has 0 radical (unpaired) electrons. The van der Waals surface area contributed by atoms with E-state index in [4.69, 9.17) is 11.6 Å². The van der Waals surface area contributed by atoms with E-state index in [1.165, 1.54) is 23.6 Å². The van der Waals surface area contributed by atoms with Crippen molar-refractivity contribution < 1.29 is 9.18 Å². The number of benzene rings is 1. The van der Waals surface area contributed by atoms with E-state index in [2.05, 4.69) is 20.4 Å². The summed E-state index contributed by atoms with van der Waals surface area (Å²) in [6.07, 6.45) is 3.07. The second-order valence-electron chi connectivity index (χ2n) is 6.75. The number of nitrogens with zero attached hydrogens (tertiary/aromatic N) is 4. The predicted molar refractivity (Wildman–Crippen MR) is 116 cm³/mol. The first-order chi connectivity index (χ1) is 14.5. The number of pyridine rings is 1. The Morgan fingerprint density at radius 2 is 2.03 bits per heavy atom. The minimum Gasteiger partial charge on any atom is -0.298 e. The fourth-order valence-corrected chi connectivity index (χ4v) is 3.93. The van der Waals surface area contributed by atoms with Gasteiger partial charge in [0.1, 0.15) is 17.2 Å². The van der Waals surface area contributed by atoms with Gasteiger partial charge in [0, 0.05) is 23.2 Å². The van der Waals surface area contributed by atoms with Crippen LogP contribution in [-0.2, 0) is 0 Å². The lowest BCUT2D eigenvalue weighted by Gasteiger charge is -2.13. The monoisotopic (exact) mass is 441 g/mol. The molecule has 0 spiro atoms. The number of thiazole rings is 1. The highest BCUT2D eigenvalue weighted by molar-refractivity contribution is 7.14. The van der Waals surface area contributed by atoms with Crippen molar-refractivity contribution in [2.75, 3.05) is 5.32 Å². The second-order valence-corrected chi connectivity index (χ2v) is 8.02. The summed E-state index contributed by atoms with van der Waals surface area (Å²) < 4.78 is 16.1. The van der Waals surface area contributed by atoms with Gasteiger partial charge in [-0.2, -0.15) is 5.10 Å². The van der Waals surface area contributed by atoms with Gasteiger partial charge in [0.05, 0.1) is 22.5 Å². The molecule has 1 amide bonds. The van der Waals surface area contributed by atoms with Crippen molar-refractivity contribution in [3.05, 3.63) is 70.6 Å². The van der Waals surface area contributed by atoms with Crippen LogP contribution in [0.15, 0.2) is 54.2 Å². The normalized spacial score (nSPS) is 11.1. The molecule has 0 aliphatic carbocycles. The topological polar surface area (TPSA) is 72.7 Å². The average Bonchev–Trinajstić information content (AvgIpc) is 3.36. The average molecular weight is 442 g/mol. The number of halogens is 2. The van der Waals surface area contributed by atoms with Gasteiger partial charge in [0.2, 0.25) is 0 Å². The standard InChI is InChI=1S/C21H17ClFN5OS/c1-12(2)28-19(13-6-3-4-8-16(13)23)14(10-25-28)20(29)27-21-26-17(11-30-21)18-15(22)7-5-9-24-18/h3-12H,1-2H3,(H,26,27,29). The van der Waals surface area contributed by atoms with Gasteiger partial charge in [-0.25, -0.2) is 9.37 Å². The van der Waals surface area contributed by atoms with Crippen LogP contribution in [0.4, 0.5) is 9.52 Å². The maximum absolute atomic E-state index is 14.5. The lowest BCUT2D eigenvalue weighted by molar-refractivity contribution is 0.102. The number of nitrogens with one attached hydrogen (secondary N) is 1. The van der Waals surface area contributed by atoms with Crippen molar-refractivity contribution in [2.24, 2.45) is 0 Å². The Hall–Kier alpha value is -3.10. The van der Waals surface area contributed by atoms with Crippen LogP contribution in [0.3, 0.4) is 0 Å². The first-order valence-corrected chi connectivity index (χ1v) is 10.4. The van der Waals surface area contributed by atoms with E-state index in [-0.39, 0.29) is 11.6 Å². The first-order valence-electron chi connectivity index (χ1n) is 9.16. The molecule has 0 saturated carbocycles. The van der Waals surface area contributed by atoms with Crippen molar-refractivity contribution in [1.29, 1.82) is 0 Å². The number of hydrogen-bond acceptors (Lipinski definition) is 5. The molecule has 30 heavy (non-hydrogen) atoms. The number of amides is 1. The zero-order valence-electron chi connectivity index (χ0n) is 16.1. The van der Waals surface area contributed by atoms with Crippen molar-refractivity contribution in [3.8, 4) is 22.6 Å². The smallest absolute Gasteiger partial charge is 0.261 e. The van der Waals surface area contributed by atoms with Crippen molar-refractivity contribution in [1.82, 2.24) is 19.7 Å². The van der Waals surface area contributed by atoms with E-state index >= 15 is 0 Å². The SMILES string of the molecule is CC(C)n1ncc(C(=O)Nc2nc(-c3ncccc3Cl)cs2)c1-c1ccccc1F. The van der Waals surface area contributed by atoms with Crippen LogP contribution in [0.2, 0.25) is 5.02 Å². The highest BCUT2D eigenvalue weighted by atomic mass is 35.5. The van der Waals surface area contributed by atoms with E-state index in [0.29, 0.717) is 32.8 Å². The lowest BCUT2D eigenvalue weighted by Crippen LogP contribution is -2.14. The van der Waals surface area contributed by atoms with Crippen molar-refractivity contribution in [3.63, 3.8) is 0 Å². The maximum atomic E-state index is 14.5. The fourth-order valence-electron chi connectivity index (χ4n) is 3.02. The summed E-state index contributed by atoms with van der Waals surface area (Å²) in [4.78, 5) is 21.6. The highest BCUT2D eigenvalue weighted by Gasteiger charge is 2.23. The maximum Gasteiger partial charge on any atom is 0.261 e. The zero-order chi connectivity index (χ0) is 21.3. The van der Waals surface area contributed by atoms with Gasteiger partial charge in [-0.05, 0) is 38.1 Å². The molecule has 4 aromatic rings. The molecule has 3 aromatic heterocycles. The molecule has 0 aliphatic heterocycles. The van der Waals surface area contributed by atoms with E-state index in [1.807, 2.05) is 13.8 Å². The third kappa shape index (κ3) is 3.83. The molecule has 0 fully saturated rings. The predicted octanol–water partition coefficient (Wildman–Crippen LogP) is 5.69. The van der Waals surface area contributed by atoms with Gasteiger partial charge in [-0.3, -0.25) is 19.8 Å². The van der Waals surface area contributed by atoms with Crippen LogP contribution in [0.1, 0.15) is 30.2 Å². The molecule has 0 unspecified atom stereocenters. The Labute approximate surface area is 181 Å². The molecular weight excluding hydrogens is 425 g/mol. The van der Waals surface area contributed by atoms with Gasteiger partial charge in [-0.1, -0.05) is 23.7 Å². The van der Waals surface area contributed by atoms with Gasteiger partial charge >= 0.3 is 0 Å². The number of aromatic nitrogens is 4. The van der Waals surface area contributed by atoms with Crippen LogP contribution in [0.25, 0.3) is 22.6 Å². The third-order valence-electron chi connectivity index (χ3n) is 4.38. The molecular formula is C21H17ClFN5OS. The van der Waals surface area contributed by atoms with Crippen LogP contribution < -0.4 is 5.32 Å². The number of anilines is 1. The number of hydrogen-bond donors (Lipinski definition) is 1. The summed E-state index contributed by atoms with van der Waals surface area (Å²) in [6, 6.07) is 9.72. The summed E-state index contributed by atoms with van der Waals surface area (Å²) in [5.74, 6) is -0.844.